The van der Waals surface area contributed by atoms with Crippen molar-refractivity contribution >= 4 is 19.7 Å². The summed E-state index contributed by atoms with van der Waals surface area (Å²) in [5, 5.41) is 0. The van der Waals surface area contributed by atoms with Gasteiger partial charge in [0.15, 0.2) is 0 Å². The molecule has 0 radical (unpaired) electrons. The quantitative estimate of drug-likeness (QED) is 0.785. The topological polar surface area (TPSA) is 56.3 Å². The number of rotatable bonds is 5. The molecule has 6 heteroatoms. The van der Waals surface area contributed by atoms with Gasteiger partial charge in [0, 0.05) is 22.3 Å². The van der Waals surface area contributed by atoms with Crippen LogP contribution in [0, 0.1) is 5.41 Å². The lowest BCUT2D eigenvalue weighted by atomic mass is 9.76. The second kappa shape index (κ2) is 6.09. The molecule has 1 heterocycles. The number of nitrogens with zero attached hydrogens (tertiary/aromatic N) is 1. The van der Waals surface area contributed by atoms with E-state index < -0.39 is 9.05 Å². The average Bonchev–Trinajstić information content (AvgIpc) is 2.37. The van der Waals surface area contributed by atoms with Gasteiger partial charge in [-0.1, -0.05) is 19.3 Å². The van der Waals surface area contributed by atoms with Gasteiger partial charge in [0.2, 0.25) is 9.05 Å². The standard InChI is InChI=1S/C13H18ClNO3S/c14-19(16,17)11-13(6-2-1-3-7-13)10-18-12-5-4-8-15-9-12/h4-5,8-9H,1-3,6-7,10-11H2. The first-order valence-corrected chi connectivity index (χ1v) is 8.92. The predicted molar refractivity (Wildman–Crippen MR) is 74.9 cm³/mol. The summed E-state index contributed by atoms with van der Waals surface area (Å²) >= 11 is 0. The fourth-order valence-corrected chi connectivity index (χ4v) is 4.46. The first-order chi connectivity index (χ1) is 8.99. The van der Waals surface area contributed by atoms with E-state index in [9.17, 15) is 8.42 Å². The fourth-order valence-electron chi connectivity index (χ4n) is 2.67. The number of halogens is 1. The number of aromatic nitrogens is 1. The molecule has 106 valence electrons. The van der Waals surface area contributed by atoms with E-state index in [0.29, 0.717) is 12.4 Å². The lowest BCUT2D eigenvalue weighted by Crippen LogP contribution is -2.36. The smallest absolute Gasteiger partial charge is 0.233 e. The number of hydrogen-bond acceptors (Lipinski definition) is 4. The van der Waals surface area contributed by atoms with Gasteiger partial charge in [-0.05, 0) is 25.0 Å². The largest absolute Gasteiger partial charge is 0.491 e. The van der Waals surface area contributed by atoms with Gasteiger partial charge >= 0.3 is 0 Å². The van der Waals surface area contributed by atoms with Gasteiger partial charge < -0.3 is 4.74 Å². The van der Waals surface area contributed by atoms with Crippen LogP contribution in [0.4, 0.5) is 0 Å². The number of ether oxygens (including phenoxy) is 1. The molecule has 0 spiro atoms. The molecule has 0 N–H and O–H groups in total. The summed E-state index contributed by atoms with van der Waals surface area (Å²) in [5.41, 5.74) is -0.353. The summed E-state index contributed by atoms with van der Waals surface area (Å²) in [4.78, 5) is 3.98. The Labute approximate surface area is 118 Å². The van der Waals surface area contributed by atoms with Crippen molar-refractivity contribution in [1.29, 1.82) is 0 Å². The van der Waals surface area contributed by atoms with Crippen LogP contribution < -0.4 is 4.74 Å². The highest BCUT2D eigenvalue weighted by Crippen LogP contribution is 2.38. The van der Waals surface area contributed by atoms with E-state index in [0.717, 1.165) is 32.1 Å². The Balaban J connectivity index is 2.05. The maximum Gasteiger partial charge on any atom is 0.233 e. The van der Waals surface area contributed by atoms with Gasteiger partial charge in [0.05, 0.1) is 18.6 Å². The second-order valence-electron chi connectivity index (χ2n) is 5.22. The third kappa shape index (κ3) is 4.66. The molecular formula is C13H18ClNO3S. The maximum atomic E-state index is 11.4. The summed E-state index contributed by atoms with van der Waals surface area (Å²) in [6.45, 7) is 0.380. The Kier molecular flexibility index (Phi) is 4.68. The Morgan fingerprint density at radius 1 is 1.32 bits per heavy atom. The maximum absolute atomic E-state index is 11.4. The average molecular weight is 304 g/mol. The molecule has 1 saturated carbocycles. The molecule has 1 aliphatic carbocycles. The molecule has 19 heavy (non-hydrogen) atoms. The van der Waals surface area contributed by atoms with Gasteiger partial charge in [-0.25, -0.2) is 8.42 Å². The van der Waals surface area contributed by atoms with Crippen LogP contribution in [0.15, 0.2) is 24.5 Å². The Morgan fingerprint density at radius 2 is 2.05 bits per heavy atom. The van der Waals surface area contributed by atoms with Crippen molar-refractivity contribution in [3.05, 3.63) is 24.5 Å². The van der Waals surface area contributed by atoms with Crippen LogP contribution in [0.25, 0.3) is 0 Å². The van der Waals surface area contributed by atoms with Gasteiger partial charge in [-0.15, -0.1) is 0 Å². The minimum absolute atomic E-state index is 0.0121. The summed E-state index contributed by atoms with van der Waals surface area (Å²) in [6, 6.07) is 3.61. The van der Waals surface area contributed by atoms with Crippen molar-refractivity contribution in [2.45, 2.75) is 32.1 Å². The zero-order valence-corrected chi connectivity index (χ0v) is 12.3. The SMILES string of the molecule is O=S(=O)(Cl)CC1(COc2cccnc2)CCCCC1. The molecule has 0 saturated heterocycles. The molecule has 0 unspecified atom stereocenters. The van der Waals surface area contributed by atoms with E-state index in [-0.39, 0.29) is 11.2 Å². The summed E-state index contributed by atoms with van der Waals surface area (Å²) in [6.07, 6.45) is 8.21. The molecule has 1 aromatic heterocycles. The van der Waals surface area contributed by atoms with Gasteiger partial charge in [-0.3, -0.25) is 4.98 Å². The van der Waals surface area contributed by atoms with Gasteiger partial charge in [-0.2, -0.15) is 0 Å². The third-order valence-corrected chi connectivity index (χ3v) is 4.86. The molecular weight excluding hydrogens is 286 g/mol. The molecule has 1 fully saturated rings. The summed E-state index contributed by atoms with van der Waals surface area (Å²) in [7, 11) is 1.93. The minimum Gasteiger partial charge on any atom is -0.491 e. The van der Waals surface area contributed by atoms with E-state index in [2.05, 4.69) is 4.98 Å². The van der Waals surface area contributed by atoms with E-state index in [1.165, 1.54) is 0 Å². The highest BCUT2D eigenvalue weighted by Gasteiger charge is 2.37. The van der Waals surface area contributed by atoms with E-state index in [1.807, 2.05) is 6.07 Å². The molecule has 0 atom stereocenters. The highest BCUT2D eigenvalue weighted by molar-refractivity contribution is 8.13. The van der Waals surface area contributed by atoms with Crippen molar-refractivity contribution in [1.82, 2.24) is 4.98 Å². The van der Waals surface area contributed by atoms with Crippen LogP contribution in [0.1, 0.15) is 32.1 Å². The highest BCUT2D eigenvalue weighted by atomic mass is 35.7. The molecule has 2 rings (SSSR count). The Hall–Kier alpha value is -0.810. The van der Waals surface area contributed by atoms with Gasteiger partial charge in [0.25, 0.3) is 0 Å². The molecule has 0 aromatic carbocycles. The lowest BCUT2D eigenvalue weighted by molar-refractivity contribution is 0.119. The summed E-state index contributed by atoms with van der Waals surface area (Å²) in [5.74, 6) is 0.654. The van der Waals surface area contributed by atoms with Crippen LogP contribution in [-0.4, -0.2) is 25.8 Å². The number of hydrogen-bond donors (Lipinski definition) is 0. The molecule has 1 aliphatic rings. The van der Waals surface area contributed by atoms with Crippen molar-refractivity contribution in [3.63, 3.8) is 0 Å². The van der Waals surface area contributed by atoms with Crippen LogP contribution in [0.5, 0.6) is 5.75 Å². The lowest BCUT2D eigenvalue weighted by Gasteiger charge is -2.35. The molecule has 0 bridgehead atoms. The van der Waals surface area contributed by atoms with Crippen LogP contribution in [-0.2, 0) is 9.05 Å². The first-order valence-electron chi connectivity index (χ1n) is 6.44. The van der Waals surface area contributed by atoms with Crippen molar-refractivity contribution in [2.24, 2.45) is 5.41 Å². The van der Waals surface area contributed by atoms with Crippen LogP contribution in [0.2, 0.25) is 0 Å². The first kappa shape index (κ1) is 14.6. The zero-order chi connectivity index (χ0) is 13.8. The molecule has 0 aliphatic heterocycles. The van der Waals surface area contributed by atoms with E-state index in [4.69, 9.17) is 15.4 Å². The van der Waals surface area contributed by atoms with Crippen molar-refractivity contribution < 1.29 is 13.2 Å². The van der Waals surface area contributed by atoms with Crippen molar-refractivity contribution in [3.8, 4) is 5.75 Å². The Morgan fingerprint density at radius 3 is 2.63 bits per heavy atom. The third-order valence-electron chi connectivity index (χ3n) is 3.57. The monoisotopic (exact) mass is 303 g/mol. The molecule has 1 aromatic rings. The van der Waals surface area contributed by atoms with E-state index >= 15 is 0 Å². The zero-order valence-electron chi connectivity index (χ0n) is 10.7. The molecule has 4 nitrogen and oxygen atoms in total. The fraction of sp³-hybridized carbons (Fsp3) is 0.615. The predicted octanol–water partition coefficient (Wildman–Crippen LogP) is 2.98. The van der Waals surface area contributed by atoms with Gasteiger partial charge in [0.1, 0.15) is 5.75 Å². The minimum atomic E-state index is -3.51. The van der Waals surface area contributed by atoms with Crippen LogP contribution in [0.3, 0.4) is 0 Å². The Bertz CT molecular complexity index is 498. The van der Waals surface area contributed by atoms with Crippen molar-refractivity contribution in [2.75, 3.05) is 12.4 Å². The van der Waals surface area contributed by atoms with E-state index in [1.54, 1.807) is 18.5 Å². The normalized spacial score (nSPS) is 19.0. The van der Waals surface area contributed by atoms with Crippen LogP contribution >= 0.6 is 10.7 Å². The molecule has 0 amide bonds. The number of pyridine rings is 1. The summed E-state index contributed by atoms with van der Waals surface area (Å²) < 4.78 is 28.5. The second-order valence-corrected chi connectivity index (χ2v) is 8.00.